The van der Waals surface area contributed by atoms with E-state index >= 15 is 0 Å². The Bertz CT molecular complexity index is 1420. The largest absolute Gasteiger partial charge is 0.349 e. The smallest absolute Gasteiger partial charge is 0.224 e. The third-order valence-electron chi connectivity index (χ3n) is 6.16. The lowest BCUT2D eigenvalue weighted by Gasteiger charge is -2.20. The summed E-state index contributed by atoms with van der Waals surface area (Å²) in [7, 11) is -3.21. The first kappa shape index (κ1) is 24.6. The van der Waals surface area contributed by atoms with Crippen LogP contribution in [0.25, 0.3) is 22.2 Å². The van der Waals surface area contributed by atoms with Crippen molar-refractivity contribution in [1.29, 1.82) is 0 Å². The van der Waals surface area contributed by atoms with Crippen molar-refractivity contribution in [2.24, 2.45) is 0 Å². The molecule has 1 unspecified atom stereocenters. The highest BCUT2D eigenvalue weighted by Crippen LogP contribution is 2.31. The molecule has 0 radical (unpaired) electrons. The second kappa shape index (κ2) is 10.8. The summed E-state index contributed by atoms with van der Waals surface area (Å²) in [4.78, 5) is 18.3. The van der Waals surface area contributed by atoms with Crippen LogP contribution in [0.15, 0.2) is 84.9 Å². The predicted molar refractivity (Wildman–Crippen MR) is 142 cm³/mol. The lowest BCUT2D eigenvalue weighted by atomic mass is 9.92. The van der Waals surface area contributed by atoms with Crippen molar-refractivity contribution in [2.45, 2.75) is 32.2 Å². The van der Waals surface area contributed by atoms with Gasteiger partial charge in [0.05, 0.1) is 29.4 Å². The molecule has 0 bridgehead atoms. The molecular formula is C29H30N2O3S. The first-order valence-electron chi connectivity index (χ1n) is 11.8. The maximum atomic E-state index is 13.4. The normalized spacial score (nSPS) is 12.4. The summed E-state index contributed by atoms with van der Waals surface area (Å²) in [5.41, 5.74) is 5.12. The Morgan fingerprint density at radius 1 is 0.886 bits per heavy atom. The fraction of sp³-hybridized carbons (Fsp3) is 0.241. The molecular weight excluding hydrogens is 456 g/mol. The highest BCUT2D eigenvalue weighted by molar-refractivity contribution is 7.90. The molecule has 0 saturated heterocycles. The molecule has 180 valence electrons. The number of nitrogens with zero attached hydrogens (tertiary/aromatic N) is 1. The van der Waals surface area contributed by atoms with Gasteiger partial charge in [-0.2, -0.15) is 0 Å². The number of fused-ring (bicyclic) bond motifs is 1. The summed E-state index contributed by atoms with van der Waals surface area (Å²) in [6, 6.07) is 27.3. The van der Waals surface area contributed by atoms with Crippen LogP contribution < -0.4 is 5.32 Å². The molecule has 0 fully saturated rings. The highest BCUT2D eigenvalue weighted by atomic mass is 32.2. The van der Waals surface area contributed by atoms with Gasteiger partial charge < -0.3 is 5.32 Å². The van der Waals surface area contributed by atoms with Crippen LogP contribution in [0.3, 0.4) is 0 Å². The Labute approximate surface area is 207 Å². The number of benzene rings is 3. The molecule has 4 aromatic rings. The van der Waals surface area contributed by atoms with Crippen molar-refractivity contribution in [3.8, 4) is 11.3 Å². The third-order valence-corrected chi connectivity index (χ3v) is 7.11. The summed E-state index contributed by atoms with van der Waals surface area (Å²) >= 11 is 0. The van der Waals surface area contributed by atoms with E-state index in [9.17, 15) is 13.2 Å². The number of carbonyl (C=O) groups is 1. The first-order chi connectivity index (χ1) is 16.9. The zero-order chi connectivity index (χ0) is 24.8. The number of para-hydroxylation sites is 1. The summed E-state index contributed by atoms with van der Waals surface area (Å²) < 4.78 is 24.2. The van der Waals surface area contributed by atoms with Crippen molar-refractivity contribution in [3.63, 3.8) is 0 Å². The van der Waals surface area contributed by atoms with Crippen molar-refractivity contribution >= 4 is 26.6 Å². The molecule has 1 atom stereocenters. The molecule has 0 spiro atoms. The van der Waals surface area contributed by atoms with Crippen molar-refractivity contribution in [1.82, 2.24) is 10.3 Å². The van der Waals surface area contributed by atoms with E-state index in [4.69, 9.17) is 4.98 Å². The van der Waals surface area contributed by atoms with Crippen LogP contribution in [0, 0.1) is 0 Å². The van der Waals surface area contributed by atoms with E-state index in [2.05, 4.69) is 5.32 Å². The van der Waals surface area contributed by atoms with Gasteiger partial charge >= 0.3 is 0 Å². The zero-order valence-electron chi connectivity index (χ0n) is 20.1. The summed E-state index contributed by atoms with van der Waals surface area (Å²) in [6.07, 6.45) is 2.44. The number of pyridine rings is 1. The minimum Gasteiger partial charge on any atom is -0.349 e. The van der Waals surface area contributed by atoms with Gasteiger partial charge in [-0.1, -0.05) is 85.8 Å². The van der Waals surface area contributed by atoms with Gasteiger partial charge in [0.2, 0.25) is 5.91 Å². The van der Waals surface area contributed by atoms with Gasteiger partial charge in [0.1, 0.15) is 9.84 Å². The summed E-state index contributed by atoms with van der Waals surface area (Å²) in [5, 5.41) is 4.05. The molecule has 3 aromatic carbocycles. The van der Waals surface area contributed by atoms with Crippen LogP contribution >= 0.6 is 0 Å². The quantitative estimate of drug-likeness (QED) is 0.348. The van der Waals surface area contributed by atoms with E-state index in [1.54, 1.807) is 0 Å². The van der Waals surface area contributed by atoms with E-state index in [0.29, 0.717) is 6.42 Å². The number of hydrogen-bond acceptors (Lipinski definition) is 4. The van der Waals surface area contributed by atoms with Gasteiger partial charge in [0.25, 0.3) is 0 Å². The maximum absolute atomic E-state index is 13.4. The summed E-state index contributed by atoms with van der Waals surface area (Å²) in [6.45, 7) is 2.05. The molecule has 1 amide bonds. The van der Waals surface area contributed by atoms with Crippen LogP contribution in [0.2, 0.25) is 0 Å². The number of nitrogens with one attached hydrogen (secondary N) is 1. The molecule has 1 heterocycles. The predicted octanol–water partition coefficient (Wildman–Crippen LogP) is 5.30. The Kier molecular flexibility index (Phi) is 7.61. The Morgan fingerprint density at radius 3 is 2.17 bits per heavy atom. The summed E-state index contributed by atoms with van der Waals surface area (Å²) in [5.74, 6) is -0.111. The Hall–Kier alpha value is -3.51. The number of sulfone groups is 1. The fourth-order valence-electron chi connectivity index (χ4n) is 4.43. The fourth-order valence-corrected chi connectivity index (χ4v) is 5.00. The minimum absolute atomic E-state index is 0.0108. The van der Waals surface area contributed by atoms with Crippen molar-refractivity contribution in [2.75, 3.05) is 12.0 Å². The van der Waals surface area contributed by atoms with E-state index < -0.39 is 9.84 Å². The number of aromatic nitrogens is 1. The van der Waals surface area contributed by atoms with E-state index in [1.165, 1.54) is 6.26 Å². The molecule has 6 heteroatoms. The Morgan fingerprint density at radius 2 is 1.51 bits per heavy atom. The average molecular weight is 487 g/mol. The van der Waals surface area contributed by atoms with Crippen LogP contribution in [0.1, 0.15) is 36.1 Å². The van der Waals surface area contributed by atoms with Crippen LogP contribution in [-0.2, 0) is 27.5 Å². The van der Waals surface area contributed by atoms with Crippen molar-refractivity contribution in [3.05, 3.63) is 102 Å². The zero-order valence-corrected chi connectivity index (χ0v) is 20.9. The lowest BCUT2D eigenvalue weighted by molar-refractivity contribution is -0.121. The maximum Gasteiger partial charge on any atom is 0.224 e. The van der Waals surface area contributed by atoms with Gasteiger partial charge in [-0.25, -0.2) is 13.4 Å². The van der Waals surface area contributed by atoms with Crippen LogP contribution in [0.5, 0.6) is 0 Å². The van der Waals surface area contributed by atoms with Crippen LogP contribution in [-0.4, -0.2) is 31.3 Å². The van der Waals surface area contributed by atoms with Crippen molar-refractivity contribution < 1.29 is 13.2 Å². The van der Waals surface area contributed by atoms with Gasteiger partial charge in [0.15, 0.2) is 0 Å². The standard InChI is InChI=1S/C29H30N2O3S/c1-3-26(21-12-6-4-7-13-21)30-28(32)20-25-23-16-10-11-17-27(23)31-29(22-14-8-5-9-15-22)24(25)18-19-35(2,33)34/h4-17,26H,3,18-20H2,1-2H3,(H,30,32). The minimum atomic E-state index is -3.21. The molecule has 0 aliphatic heterocycles. The van der Waals surface area contributed by atoms with E-state index in [0.717, 1.165) is 45.3 Å². The Balaban J connectivity index is 1.79. The number of hydrogen-bond donors (Lipinski definition) is 1. The van der Waals surface area contributed by atoms with Gasteiger partial charge in [-0.05, 0) is 35.6 Å². The van der Waals surface area contributed by atoms with Gasteiger partial charge in [-0.15, -0.1) is 0 Å². The average Bonchev–Trinajstić information content (AvgIpc) is 2.87. The molecule has 35 heavy (non-hydrogen) atoms. The van der Waals surface area contributed by atoms with E-state index in [-0.39, 0.29) is 24.1 Å². The second-order valence-corrected chi connectivity index (χ2v) is 11.1. The SMILES string of the molecule is CCC(NC(=O)Cc1c(CCS(C)(=O)=O)c(-c2ccccc2)nc2ccccc12)c1ccccc1. The molecule has 4 rings (SSSR count). The molecule has 0 saturated carbocycles. The lowest BCUT2D eigenvalue weighted by Crippen LogP contribution is -2.30. The monoisotopic (exact) mass is 486 g/mol. The van der Waals surface area contributed by atoms with Crippen LogP contribution in [0.4, 0.5) is 0 Å². The van der Waals surface area contributed by atoms with Gasteiger partial charge in [-0.3, -0.25) is 4.79 Å². The van der Waals surface area contributed by atoms with E-state index in [1.807, 2.05) is 91.9 Å². The highest BCUT2D eigenvalue weighted by Gasteiger charge is 2.21. The molecule has 5 nitrogen and oxygen atoms in total. The third kappa shape index (κ3) is 6.14. The molecule has 1 aromatic heterocycles. The van der Waals surface area contributed by atoms with Gasteiger partial charge in [0, 0.05) is 17.2 Å². The topological polar surface area (TPSA) is 76.1 Å². The number of amides is 1. The molecule has 0 aliphatic carbocycles. The first-order valence-corrected chi connectivity index (χ1v) is 13.9. The second-order valence-electron chi connectivity index (χ2n) is 8.80. The number of carbonyl (C=O) groups excluding carboxylic acids is 1. The molecule has 0 aliphatic rings. The number of rotatable bonds is 9. The molecule has 1 N–H and O–H groups in total.